The largest absolute Gasteiger partial charge is 0.245 e. The smallest absolute Gasteiger partial charge is 0.209 e. The quantitative estimate of drug-likeness (QED) is 0.822. The Bertz CT molecular complexity index is 562. The zero-order chi connectivity index (χ0) is 13.1. The molecule has 0 radical (unpaired) electrons. The molecule has 0 amide bonds. The summed E-state index contributed by atoms with van der Waals surface area (Å²) in [5, 5.41) is 14.5. The molecule has 0 saturated heterocycles. The first-order valence-electron chi connectivity index (χ1n) is 4.85. The van der Waals surface area contributed by atoms with Gasteiger partial charge in [-0.15, -0.1) is 11.8 Å². The minimum atomic E-state index is -3.47. The Morgan fingerprint density at radius 1 is 1.53 bits per heavy atom. The second kappa shape index (κ2) is 5.49. The average molecular weight is 271 g/mol. The molecule has 0 spiro atoms. The average Bonchev–Trinajstić information content (AvgIpc) is 2.14. The van der Waals surface area contributed by atoms with Crippen molar-refractivity contribution in [2.75, 3.05) is 11.5 Å². The topological polar surface area (TPSA) is 96.8 Å². The van der Waals surface area contributed by atoms with Crippen molar-refractivity contribution >= 4 is 21.8 Å². The SMILES string of the molecule is Cc1cc(C)c(C#N)c(SCCS(N)(=O)=O)n1. The standard InChI is InChI=1S/C10H13N3O2S2/c1-7-5-8(2)13-10(9(7)6-11)16-3-4-17(12,14)15/h5H,3-4H2,1-2H3,(H2,12,14,15). The predicted octanol–water partition coefficient (Wildman–Crippen LogP) is 0.951. The molecule has 1 rings (SSSR count). The highest BCUT2D eigenvalue weighted by molar-refractivity contribution is 8.00. The van der Waals surface area contributed by atoms with Gasteiger partial charge in [0.25, 0.3) is 0 Å². The zero-order valence-electron chi connectivity index (χ0n) is 9.60. The molecule has 0 aliphatic heterocycles. The highest BCUT2D eigenvalue weighted by Gasteiger charge is 2.10. The van der Waals surface area contributed by atoms with Gasteiger partial charge in [0.15, 0.2) is 0 Å². The fourth-order valence-corrected chi connectivity index (χ4v) is 3.31. The maximum atomic E-state index is 10.8. The molecular weight excluding hydrogens is 258 g/mol. The lowest BCUT2D eigenvalue weighted by atomic mass is 10.1. The van der Waals surface area contributed by atoms with E-state index in [0.29, 0.717) is 16.3 Å². The van der Waals surface area contributed by atoms with Gasteiger partial charge in [-0.3, -0.25) is 0 Å². The van der Waals surface area contributed by atoms with E-state index in [0.717, 1.165) is 11.3 Å². The summed E-state index contributed by atoms with van der Waals surface area (Å²) in [5.41, 5.74) is 2.15. The van der Waals surface area contributed by atoms with Crippen LogP contribution in [0.15, 0.2) is 11.1 Å². The minimum absolute atomic E-state index is 0.128. The third kappa shape index (κ3) is 4.34. The van der Waals surface area contributed by atoms with Crippen LogP contribution in [0.5, 0.6) is 0 Å². The number of primary sulfonamides is 1. The number of nitrogens with two attached hydrogens (primary N) is 1. The summed E-state index contributed by atoms with van der Waals surface area (Å²) >= 11 is 1.23. The van der Waals surface area contributed by atoms with E-state index in [1.165, 1.54) is 11.8 Å². The Kier molecular flexibility index (Phi) is 4.51. The van der Waals surface area contributed by atoms with Crippen LogP contribution in [0.1, 0.15) is 16.8 Å². The van der Waals surface area contributed by atoms with E-state index in [1.54, 1.807) is 0 Å². The molecule has 1 heterocycles. The lowest BCUT2D eigenvalue weighted by Gasteiger charge is -2.06. The molecule has 7 heteroatoms. The number of pyridine rings is 1. The van der Waals surface area contributed by atoms with Crippen molar-refractivity contribution in [1.82, 2.24) is 4.98 Å². The summed E-state index contributed by atoms with van der Waals surface area (Å²) in [5.74, 6) is 0.167. The van der Waals surface area contributed by atoms with Gasteiger partial charge in [-0.1, -0.05) is 0 Å². The number of thioether (sulfide) groups is 1. The number of nitriles is 1. The van der Waals surface area contributed by atoms with Crippen LogP contribution in [0, 0.1) is 25.2 Å². The molecule has 0 aliphatic rings. The minimum Gasteiger partial charge on any atom is -0.245 e. The summed E-state index contributed by atoms with van der Waals surface area (Å²) in [7, 11) is -3.47. The van der Waals surface area contributed by atoms with E-state index in [-0.39, 0.29) is 5.75 Å². The van der Waals surface area contributed by atoms with E-state index in [1.807, 2.05) is 19.9 Å². The molecule has 0 aliphatic carbocycles. The molecule has 92 valence electrons. The van der Waals surface area contributed by atoms with Crippen molar-refractivity contribution in [3.05, 3.63) is 22.9 Å². The molecule has 17 heavy (non-hydrogen) atoms. The highest BCUT2D eigenvalue weighted by atomic mass is 32.2. The Hall–Kier alpha value is -1.10. The van der Waals surface area contributed by atoms with Gasteiger partial charge in [0, 0.05) is 11.4 Å². The van der Waals surface area contributed by atoms with E-state index in [9.17, 15) is 8.42 Å². The predicted molar refractivity (Wildman–Crippen MR) is 67.1 cm³/mol. The van der Waals surface area contributed by atoms with Crippen molar-refractivity contribution in [3.63, 3.8) is 0 Å². The second-order valence-electron chi connectivity index (χ2n) is 3.59. The summed E-state index contributed by atoms with van der Waals surface area (Å²) in [4.78, 5) is 4.23. The van der Waals surface area contributed by atoms with E-state index in [2.05, 4.69) is 11.1 Å². The third-order valence-corrected chi connectivity index (χ3v) is 4.04. The Balaban J connectivity index is 2.88. The molecule has 0 fully saturated rings. The molecular formula is C10H13N3O2S2. The Morgan fingerprint density at radius 3 is 2.71 bits per heavy atom. The summed E-state index contributed by atoms with van der Waals surface area (Å²) in [6, 6.07) is 3.90. The van der Waals surface area contributed by atoms with Gasteiger partial charge < -0.3 is 0 Å². The number of aromatic nitrogens is 1. The van der Waals surface area contributed by atoms with E-state index < -0.39 is 10.0 Å². The summed E-state index contributed by atoms with van der Waals surface area (Å²) < 4.78 is 21.6. The molecule has 5 nitrogen and oxygen atoms in total. The van der Waals surface area contributed by atoms with Crippen molar-refractivity contribution in [1.29, 1.82) is 5.26 Å². The van der Waals surface area contributed by atoms with Crippen molar-refractivity contribution in [2.24, 2.45) is 5.14 Å². The fourth-order valence-electron chi connectivity index (χ4n) is 1.30. The van der Waals surface area contributed by atoms with Crippen molar-refractivity contribution < 1.29 is 8.42 Å². The monoisotopic (exact) mass is 271 g/mol. The van der Waals surface area contributed by atoms with Gasteiger partial charge in [0.05, 0.1) is 11.3 Å². The first-order chi connectivity index (χ1) is 7.83. The lowest BCUT2D eigenvalue weighted by molar-refractivity contribution is 0.599. The normalized spacial score (nSPS) is 11.2. The van der Waals surface area contributed by atoms with Crippen LogP contribution in [0.25, 0.3) is 0 Å². The molecule has 0 bridgehead atoms. The molecule has 2 N–H and O–H groups in total. The fraction of sp³-hybridized carbons (Fsp3) is 0.400. The van der Waals surface area contributed by atoms with Crippen LogP contribution in [0.3, 0.4) is 0 Å². The van der Waals surface area contributed by atoms with Crippen LogP contribution in [-0.4, -0.2) is 24.9 Å². The van der Waals surface area contributed by atoms with Crippen LogP contribution in [0.2, 0.25) is 0 Å². The number of aryl methyl sites for hydroxylation is 2. The number of sulfonamides is 1. The summed E-state index contributed by atoms with van der Waals surface area (Å²) in [6.45, 7) is 3.66. The van der Waals surface area contributed by atoms with Crippen LogP contribution in [-0.2, 0) is 10.0 Å². The number of hydrogen-bond acceptors (Lipinski definition) is 5. The van der Waals surface area contributed by atoms with Crippen LogP contribution < -0.4 is 5.14 Å². The number of hydrogen-bond donors (Lipinski definition) is 1. The molecule has 0 atom stereocenters. The van der Waals surface area contributed by atoms with Gasteiger partial charge >= 0.3 is 0 Å². The number of nitrogens with zero attached hydrogens (tertiary/aromatic N) is 2. The second-order valence-corrected chi connectivity index (χ2v) is 6.41. The Labute approximate surface area is 105 Å². The zero-order valence-corrected chi connectivity index (χ0v) is 11.2. The lowest BCUT2D eigenvalue weighted by Crippen LogP contribution is -2.17. The van der Waals surface area contributed by atoms with E-state index in [4.69, 9.17) is 10.4 Å². The van der Waals surface area contributed by atoms with Crippen LogP contribution >= 0.6 is 11.8 Å². The molecule has 0 saturated carbocycles. The van der Waals surface area contributed by atoms with Gasteiger partial charge in [-0.05, 0) is 25.5 Å². The van der Waals surface area contributed by atoms with Gasteiger partial charge in [-0.25, -0.2) is 18.5 Å². The van der Waals surface area contributed by atoms with Gasteiger partial charge in [0.1, 0.15) is 11.1 Å². The first-order valence-corrected chi connectivity index (χ1v) is 7.55. The first kappa shape index (κ1) is 14.0. The molecule has 0 aromatic carbocycles. The van der Waals surface area contributed by atoms with Crippen molar-refractivity contribution in [3.8, 4) is 6.07 Å². The summed E-state index contributed by atoms with van der Waals surface area (Å²) in [6.07, 6.45) is 0. The van der Waals surface area contributed by atoms with E-state index >= 15 is 0 Å². The highest BCUT2D eigenvalue weighted by Crippen LogP contribution is 2.23. The number of rotatable bonds is 4. The van der Waals surface area contributed by atoms with Crippen molar-refractivity contribution in [2.45, 2.75) is 18.9 Å². The third-order valence-electron chi connectivity index (χ3n) is 2.03. The van der Waals surface area contributed by atoms with Gasteiger partial charge in [-0.2, -0.15) is 5.26 Å². The van der Waals surface area contributed by atoms with Crippen LogP contribution in [0.4, 0.5) is 0 Å². The molecule has 1 aromatic heterocycles. The maximum absolute atomic E-state index is 10.8. The van der Waals surface area contributed by atoms with Gasteiger partial charge in [0.2, 0.25) is 10.0 Å². The maximum Gasteiger partial charge on any atom is 0.209 e. The Morgan fingerprint density at radius 2 is 2.18 bits per heavy atom. The molecule has 0 unspecified atom stereocenters. The molecule has 1 aromatic rings.